The van der Waals surface area contributed by atoms with Crippen LogP contribution in [0.5, 0.6) is 0 Å². The molecule has 152 valence electrons. The van der Waals surface area contributed by atoms with Gasteiger partial charge in [0.1, 0.15) is 5.92 Å². The zero-order valence-corrected chi connectivity index (χ0v) is 17.5. The average molecular weight is 410 g/mol. The van der Waals surface area contributed by atoms with Crippen LogP contribution >= 0.6 is 11.6 Å². The second-order valence-electron chi connectivity index (χ2n) is 8.00. The van der Waals surface area contributed by atoms with Crippen molar-refractivity contribution in [1.82, 2.24) is 4.90 Å². The number of halogens is 1. The summed E-state index contributed by atoms with van der Waals surface area (Å²) in [6.07, 6.45) is 9.43. The number of rotatable bonds is 7. The lowest BCUT2D eigenvalue weighted by Crippen LogP contribution is -2.30. The van der Waals surface area contributed by atoms with Crippen molar-refractivity contribution in [2.45, 2.75) is 44.4 Å². The highest BCUT2D eigenvalue weighted by atomic mass is 35.5. The number of carbonyl (C=O) groups is 1. The summed E-state index contributed by atoms with van der Waals surface area (Å²) in [6, 6.07) is 13.8. The Bertz CT molecular complexity index is 872. The highest BCUT2D eigenvalue weighted by molar-refractivity contribution is 6.31. The molecule has 4 rings (SSSR count). The molecule has 4 nitrogen and oxygen atoms in total. The van der Waals surface area contributed by atoms with Crippen LogP contribution in [0.4, 0.5) is 11.4 Å². The summed E-state index contributed by atoms with van der Waals surface area (Å²) in [5, 5.41) is 3.51. The molecule has 1 atom stereocenters. The van der Waals surface area contributed by atoms with Crippen molar-refractivity contribution in [1.29, 1.82) is 0 Å². The molecule has 2 aromatic rings. The molecular weight excluding hydrogens is 382 g/mol. The Balaban J connectivity index is 1.28. The van der Waals surface area contributed by atoms with Crippen LogP contribution < -0.4 is 5.32 Å². The molecule has 2 heterocycles. The minimum Gasteiger partial charge on any atom is -0.325 e. The predicted octanol–water partition coefficient (Wildman–Crippen LogP) is 5.59. The molecule has 2 aliphatic heterocycles. The first-order valence-electron chi connectivity index (χ1n) is 10.6. The van der Waals surface area contributed by atoms with Gasteiger partial charge in [-0.05, 0) is 93.2 Å². The Morgan fingerprint density at radius 1 is 1.07 bits per heavy atom. The number of amides is 1. The van der Waals surface area contributed by atoms with Gasteiger partial charge in [0.05, 0.1) is 5.69 Å². The molecule has 1 unspecified atom stereocenters. The van der Waals surface area contributed by atoms with Crippen molar-refractivity contribution in [2.75, 3.05) is 25.0 Å². The standard InChI is InChI=1S/C24H28ClN3O/c25-19-9-12-23-21(16-19)22(24(29)27-23)17-26-20-10-7-18(8-11-20)6-2-5-15-28-13-3-1-4-14-28/h7-12,16-17,22H,1-6,13-15H2,(H,27,29). The van der Waals surface area contributed by atoms with Gasteiger partial charge < -0.3 is 10.2 Å². The summed E-state index contributed by atoms with van der Waals surface area (Å²) in [5.41, 5.74) is 3.91. The number of likely N-dealkylation sites (tertiary alicyclic amines) is 1. The maximum atomic E-state index is 12.2. The molecule has 2 aromatic carbocycles. The number of benzene rings is 2. The lowest BCUT2D eigenvalue weighted by atomic mass is 10.0. The lowest BCUT2D eigenvalue weighted by Gasteiger charge is -2.26. The number of unbranched alkanes of at least 4 members (excludes halogenated alkanes) is 1. The zero-order valence-electron chi connectivity index (χ0n) is 16.7. The lowest BCUT2D eigenvalue weighted by molar-refractivity contribution is -0.115. The summed E-state index contributed by atoms with van der Waals surface area (Å²) >= 11 is 6.08. The number of piperidine rings is 1. The molecule has 0 aliphatic carbocycles. The van der Waals surface area contributed by atoms with E-state index in [1.165, 1.54) is 57.3 Å². The third-order valence-corrected chi connectivity index (χ3v) is 6.07. The smallest absolute Gasteiger partial charge is 0.237 e. The highest BCUT2D eigenvalue weighted by Crippen LogP contribution is 2.33. The van der Waals surface area contributed by atoms with Crippen molar-refractivity contribution in [3.63, 3.8) is 0 Å². The molecule has 29 heavy (non-hydrogen) atoms. The fourth-order valence-corrected chi connectivity index (χ4v) is 4.34. The molecule has 0 aromatic heterocycles. The van der Waals surface area contributed by atoms with E-state index < -0.39 is 5.92 Å². The molecule has 0 bridgehead atoms. The van der Waals surface area contributed by atoms with Crippen LogP contribution in [0.3, 0.4) is 0 Å². The normalized spacial score (nSPS) is 19.5. The van der Waals surface area contributed by atoms with Gasteiger partial charge >= 0.3 is 0 Å². The van der Waals surface area contributed by atoms with Crippen molar-refractivity contribution in [2.24, 2.45) is 4.99 Å². The third-order valence-electron chi connectivity index (χ3n) is 5.84. The average Bonchev–Trinajstić information content (AvgIpc) is 3.05. The van der Waals surface area contributed by atoms with Gasteiger partial charge in [-0.1, -0.05) is 30.2 Å². The van der Waals surface area contributed by atoms with Gasteiger partial charge in [0.15, 0.2) is 0 Å². The highest BCUT2D eigenvalue weighted by Gasteiger charge is 2.29. The van der Waals surface area contributed by atoms with Gasteiger partial charge in [0.2, 0.25) is 5.91 Å². The third kappa shape index (κ3) is 5.26. The van der Waals surface area contributed by atoms with E-state index in [2.05, 4.69) is 27.3 Å². The number of anilines is 1. The Morgan fingerprint density at radius 3 is 2.66 bits per heavy atom. The molecule has 1 saturated heterocycles. The Labute approximate surface area is 178 Å². The topological polar surface area (TPSA) is 44.7 Å². The number of nitrogens with zero attached hydrogens (tertiary/aromatic N) is 2. The first-order chi connectivity index (χ1) is 14.2. The van der Waals surface area contributed by atoms with E-state index in [9.17, 15) is 4.79 Å². The zero-order chi connectivity index (χ0) is 20.1. The van der Waals surface area contributed by atoms with Gasteiger partial charge in [-0.3, -0.25) is 9.79 Å². The Morgan fingerprint density at radius 2 is 1.86 bits per heavy atom. The van der Waals surface area contributed by atoms with Crippen molar-refractivity contribution in [3.05, 3.63) is 58.6 Å². The summed E-state index contributed by atoms with van der Waals surface area (Å²) in [7, 11) is 0. The first-order valence-corrected chi connectivity index (χ1v) is 11.0. The van der Waals surface area contributed by atoms with E-state index in [0.29, 0.717) is 5.02 Å². The summed E-state index contributed by atoms with van der Waals surface area (Å²) in [4.78, 5) is 19.4. The van der Waals surface area contributed by atoms with E-state index in [1.54, 1.807) is 12.3 Å². The molecular formula is C24H28ClN3O. The molecule has 0 saturated carbocycles. The minimum atomic E-state index is -0.391. The monoisotopic (exact) mass is 409 g/mol. The van der Waals surface area contributed by atoms with Crippen LogP contribution in [0.25, 0.3) is 0 Å². The minimum absolute atomic E-state index is 0.0589. The molecule has 5 heteroatoms. The van der Waals surface area contributed by atoms with E-state index in [0.717, 1.165) is 23.4 Å². The summed E-state index contributed by atoms with van der Waals surface area (Å²) in [6.45, 7) is 3.79. The Hall–Kier alpha value is -2.17. The van der Waals surface area contributed by atoms with E-state index in [1.807, 2.05) is 24.3 Å². The molecule has 1 fully saturated rings. The van der Waals surface area contributed by atoms with Gasteiger partial charge in [0.25, 0.3) is 0 Å². The fraction of sp³-hybridized carbons (Fsp3) is 0.417. The number of aliphatic imine (C=N–C) groups is 1. The number of fused-ring (bicyclic) bond motifs is 1. The summed E-state index contributed by atoms with van der Waals surface area (Å²) in [5.74, 6) is -0.450. The number of hydrogen-bond donors (Lipinski definition) is 1. The van der Waals surface area contributed by atoms with Crippen LogP contribution in [0.1, 0.15) is 49.1 Å². The Kier molecular flexibility index (Phi) is 6.63. The van der Waals surface area contributed by atoms with Crippen molar-refractivity contribution >= 4 is 35.1 Å². The number of carbonyl (C=O) groups excluding carboxylic acids is 1. The number of aryl methyl sites for hydroxylation is 1. The maximum Gasteiger partial charge on any atom is 0.237 e. The largest absolute Gasteiger partial charge is 0.325 e. The quantitative estimate of drug-likeness (QED) is 0.478. The maximum absolute atomic E-state index is 12.2. The molecule has 0 spiro atoms. The van der Waals surface area contributed by atoms with Crippen LogP contribution in [0.2, 0.25) is 5.02 Å². The van der Waals surface area contributed by atoms with E-state index >= 15 is 0 Å². The van der Waals surface area contributed by atoms with Crippen LogP contribution in [-0.2, 0) is 11.2 Å². The van der Waals surface area contributed by atoms with E-state index in [-0.39, 0.29) is 5.91 Å². The van der Waals surface area contributed by atoms with Crippen LogP contribution in [0, 0.1) is 0 Å². The molecule has 2 aliphatic rings. The van der Waals surface area contributed by atoms with Gasteiger partial charge in [-0.2, -0.15) is 0 Å². The number of nitrogens with one attached hydrogen (secondary N) is 1. The van der Waals surface area contributed by atoms with Crippen molar-refractivity contribution in [3.8, 4) is 0 Å². The second-order valence-corrected chi connectivity index (χ2v) is 8.44. The van der Waals surface area contributed by atoms with Crippen LogP contribution in [0.15, 0.2) is 47.5 Å². The predicted molar refractivity (Wildman–Crippen MR) is 121 cm³/mol. The van der Waals surface area contributed by atoms with E-state index in [4.69, 9.17) is 11.6 Å². The number of hydrogen-bond acceptors (Lipinski definition) is 3. The molecule has 1 amide bonds. The first kappa shape index (κ1) is 20.1. The summed E-state index contributed by atoms with van der Waals surface area (Å²) < 4.78 is 0. The van der Waals surface area contributed by atoms with Gasteiger partial charge in [0, 0.05) is 16.9 Å². The van der Waals surface area contributed by atoms with Gasteiger partial charge in [-0.25, -0.2) is 0 Å². The van der Waals surface area contributed by atoms with Crippen LogP contribution in [-0.4, -0.2) is 36.7 Å². The van der Waals surface area contributed by atoms with Gasteiger partial charge in [-0.15, -0.1) is 0 Å². The fourth-order valence-electron chi connectivity index (χ4n) is 4.16. The second kappa shape index (κ2) is 9.55. The van der Waals surface area contributed by atoms with Crippen molar-refractivity contribution < 1.29 is 4.79 Å². The molecule has 0 radical (unpaired) electrons. The molecule has 1 N–H and O–H groups in total. The SMILES string of the molecule is O=C1Nc2ccc(Cl)cc2C1C=Nc1ccc(CCCCN2CCCCC2)cc1.